The van der Waals surface area contributed by atoms with E-state index in [0.29, 0.717) is 4.60 Å². The maximum absolute atomic E-state index is 11.0. The Hall–Kier alpha value is -0.900. The Morgan fingerprint density at radius 3 is 2.53 bits per heavy atom. The highest BCUT2D eigenvalue weighted by Gasteiger charge is 2.17. The second kappa shape index (κ2) is 4.75. The second-order valence-electron chi connectivity index (χ2n) is 3.52. The quantitative estimate of drug-likeness (QED) is 0.860. The molecule has 0 aliphatic carbocycles. The molecule has 1 rings (SSSR count). The Balaban J connectivity index is 3.42. The molecule has 3 nitrogen and oxygen atoms in total. The van der Waals surface area contributed by atoms with Gasteiger partial charge in [-0.1, -0.05) is 13.3 Å². The monoisotopic (exact) mass is 271 g/mol. The summed E-state index contributed by atoms with van der Waals surface area (Å²) in [7, 11) is 0. The number of aryl methyl sites for hydroxylation is 1. The zero-order valence-electron chi connectivity index (χ0n) is 9.09. The van der Waals surface area contributed by atoms with Gasteiger partial charge in [-0.15, -0.1) is 0 Å². The molecule has 1 N–H and O–H groups in total. The van der Waals surface area contributed by atoms with E-state index in [-0.39, 0.29) is 5.56 Å². The molecule has 1 heterocycles. The molecule has 0 saturated heterocycles. The molecule has 0 aliphatic rings. The van der Waals surface area contributed by atoms with Gasteiger partial charge in [-0.05, 0) is 47.3 Å². The van der Waals surface area contributed by atoms with Crippen molar-refractivity contribution in [3.63, 3.8) is 0 Å². The molecular weight excluding hydrogens is 258 g/mol. The molecule has 0 amide bonds. The predicted molar refractivity (Wildman–Crippen MR) is 62.4 cm³/mol. The van der Waals surface area contributed by atoms with Crippen molar-refractivity contribution in [2.45, 2.75) is 33.6 Å². The first kappa shape index (κ1) is 12.2. The fraction of sp³-hybridized carbons (Fsp3) is 0.455. The number of pyridine rings is 1. The van der Waals surface area contributed by atoms with Gasteiger partial charge in [0.2, 0.25) is 0 Å². The molecule has 15 heavy (non-hydrogen) atoms. The van der Waals surface area contributed by atoms with Crippen LogP contribution < -0.4 is 0 Å². The highest BCUT2D eigenvalue weighted by Crippen LogP contribution is 2.24. The smallest absolute Gasteiger partial charge is 0.338 e. The van der Waals surface area contributed by atoms with Gasteiger partial charge in [0, 0.05) is 5.69 Å². The van der Waals surface area contributed by atoms with Gasteiger partial charge < -0.3 is 5.11 Å². The van der Waals surface area contributed by atoms with E-state index >= 15 is 0 Å². The highest BCUT2D eigenvalue weighted by atomic mass is 79.9. The first-order valence-corrected chi connectivity index (χ1v) is 5.67. The molecule has 82 valence electrons. The number of halogens is 1. The zero-order valence-corrected chi connectivity index (χ0v) is 10.7. The van der Waals surface area contributed by atoms with Gasteiger partial charge in [0.25, 0.3) is 0 Å². The largest absolute Gasteiger partial charge is 0.478 e. The zero-order chi connectivity index (χ0) is 11.6. The lowest BCUT2D eigenvalue weighted by Gasteiger charge is -2.12. The van der Waals surface area contributed by atoms with Gasteiger partial charge in [-0.25, -0.2) is 9.78 Å². The third kappa shape index (κ3) is 2.37. The number of carboxylic acids is 1. The van der Waals surface area contributed by atoms with Crippen LogP contribution in [0, 0.1) is 13.8 Å². The summed E-state index contributed by atoms with van der Waals surface area (Å²) in [5.74, 6) is -0.927. The summed E-state index contributed by atoms with van der Waals surface area (Å²) in [6.07, 6.45) is 1.86. The van der Waals surface area contributed by atoms with Crippen molar-refractivity contribution in [2.24, 2.45) is 0 Å². The highest BCUT2D eigenvalue weighted by molar-refractivity contribution is 9.10. The Morgan fingerprint density at radius 1 is 1.47 bits per heavy atom. The van der Waals surface area contributed by atoms with Crippen LogP contribution in [-0.2, 0) is 6.42 Å². The van der Waals surface area contributed by atoms with E-state index in [0.717, 1.165) is 29.7 Å². The summed E-state index contributed by atoms with van der Waals surface area (Å²) in [6.45, 7) is 5.82. The van der Waals surface area contributed by atoms with Crippen molar-refractivity contribution in [3.8, 4) is 0 Å². The summed E-state index contributed by atoms with van der Waals surface area (Å²) in [6, 6.07) is 0. The molecular formula is C11H14BrNO2. The minimum atomic E-state index is -0.927. The third-order valence-electron chi connectivity index (χ3n) is 2.45. The SMILES string of the molecule is CCCc1c(C)nc(Br)c(C(=O)O)c1C. The molecule has 0 spiro atoms. The topological polar surface area (TPSA) is 50.2 Å². The maximum atomic E-state index is 11.0. The van der Waals surface area contributed by atoms with Crippen molar-refractivity contribution < 1.29 is 9.90 Å². The summed E-state index contributed by atoms with van der Waals surface area (Å²) < 4.78 is 0.421. The average molecular weight is 272 g/mol. The first-order valence-electron chi connectivity index (χ1n) is 4.87. The molecule has 1 aromatic rings. The van der Waals surface area contributed by atoms with Crippen molar-refractivity contribution in [1.82, 2.24) is 4.98 Å². The molecule has 0 fully saturated rings. The number of hydrogen-bond donors (Lipinski definition) is 1. The molecule has 0 aliphatic heterocycles. The fourth-order valence-corrected chi connectivity index (χ4v) is 2.45. The van der Waals surface area contributed by atoms with Crippen LogP contribution in [0.4, 0.5) is 0 Å². The van der Waals surface area contributed by atoms with E-state index in [1.54, 1.807) is 0 Å². The lowest BCUT2D eigenvalue weighted by Crippen LogP contribution is -2.08. The van der Waals surface area contributed by atoms with E-state index < -0.39 is 5.97 Å². The maximum Gasteiger partial charge on any atom is 0.338 e. The number of nitrogens with zero attached hydrogens (tertiary/aromatic N) is 1. The van der Waals surface area contributed by atoms with Crippen LogP contribution in [0.2, 0.25) is 0 Å². The number of aromatic carboxylic acids is 1. The number of rotatable bonds is 3. The molecule has 1 aromatic heterocycles. The second-order valence-corrected chi connectivity index (χ2v) is 4.27. The fourth-order valence-electron chi connectivity index (χ4n) is 1.71. The van der Waals surface area contributed by atoms with E-state index in [4.69, 9.17) is 5.11 Å². The number of aromatic nitrogens is 1. The van der Waals surface area contributed by atoms with Gasteiger partial charge in [0.1, 0.15) is 4.60 Å². The van der Waals surface area contributed by atoms with Crippen LogP contribution >= 0.6 is 15.9 Å². The van der Waals surface area contributed by atoms with E-state index in [1.165, 1.54) is 0 Å². The molecule has 0 atom stereocenters. The third-order valence-corrected chi connectivity index (χ3v) is 3.02. The van der Waals surface area contributed by atoms with E-state index in [2.05, 4.69) is 27.8 Å². The Morgan fingerprint density at radius 2 is 2.07 bits per heavy atom. The Bertz CT molecular complexity index is 402. The molecule has 0 radical (unpaired) electrons. The van der Waals surface area contributed by atoms with E-state index in [9.17, 15) is 4.79 Å². The Labute approximate surface area is 97.7 Å². The standard InChI is InChI=1S/C11H14BrNO2/c1-4-5-8-6(2)9(11(14)15)10(12)13-7(8)3/h4-5H2,1-3H3,(H,14,15). The minimum absolute atomic E-state index is 0.282. The van der Waals surface area contributed by atoms with Crippen LogP contribution in [0.1, 0.15) is 40.5 Å². The lowest BCUT2D eigenvalue weighted by molar-refractivity contribution is 0.0694. The van der Waals surface area contributed by atoms with Crippen LogP contribution in [-0.4, -0.2) is 16.1 Å². The van der Waals surface area contributed by atoms with Crippen LogP contribution in [0.3, 0.4) is 0 Å². The summed E-state index contributed by atoms with van der Waals surface area (Å²) >= 11 is 3.19. The van der Waals surface area contributed by atoms with Crippen LogP contribution in [0.25, 0.3) is 0 Å². The summed E-state index contributed by atoms with van der Waals surface area (Å²) in [5, 5.41) is 9.06. The van der Waals surface area contributed by atoms with Gasteiger partial charge >= 0.3 is 5.97 Å². The van der Waals surface area contributed by atoms with Crippen LogP contribution in [0.15, 0.2) is 4.60 Å². The van der Waals surface area contributed by atoms with Crippen molar-refractivity contribution in [1.29, 1.82) is 0 Å². The minimum Gasteiger partial charge on any atom is -0.478 e. The molecule has 0 aromatic carbocycles. The van der Waals surface area contributed by atoms with E-state index in [1.807, 2.05) is 13.8 Å². The summed E-state index contributed by atoms with van der Waals surface area (Å²) in [5.41, 5.74) is 3.07. The number of hydrogen-bond acceptors (Lipinski definition) is 2. The predicted octanol–water partition coefficient (Wildman–Crippen LogP) is 3.11. The molecule has 4 heteroatoms. The molecule has 0 unspecified atom stereocenters. The number of carbonyl (C=O) groups is 1. The van der Waals surface area contributed by atoms with Gasteiger partial charge in [-0.2, -0.15) is 0 Å². The lowest BCUT2D eigenvalue weighted by atomic mass is 9.99. The number of carboxylic acid groups (broad SMARTS) is 1. The first-order chi connectivity index (χ1) is 6.99. The van der Waals surface area contributed by atoms with Gasteiger partial charge in [0.05, 0.1) is 5.56 Å². The van der Waals surface area contributed by atoms with Gasteiger partial charge in [-0.3, -0.25) is 0 Å². The normalized spacial score (nSPS) is 10.4. The molecule has 0 saturated carbocycles. The van der Waals surface area contributed by atoms with Crippen molar-refractivity contribution in [2.75, 3.05) is 0 Å². The summed E-state index contributed by atoms with van der Waals surface area (Å²) in [4.78, 5) is 15.3. The average Bonchev–Trinajstić information content (AvgIpc) is 2.11. The Kier molecular flexibility index (Phi) is 3.85. The van der Waals surface area contributed by atoms with Gasteiger partial charge in [0.15, 0.2) is 0 Å². The molecule has 0 bridgehead atoms. The van der Waals surface area contributed by atoms with Crippen molar-refractivity contribution >= 4 is 21.9 Å². The van der Waals surface area contributed by atoms with Crippen LogP contribution in [0.5, 0.6) is 0 Å². The van der Waals surface area contributed by atoms with Crippen molar-refractivity contribution in [3.05, 3.63) is 27.0 Å².